The standard InChI is InChI=1S/C17H15F3N4O2S/c1-24(12-9-7-11(8-10-12)23-27(2,25)26)15-13-5-3-4-6-14(13)21-16(22-15)17(18,19)20/h3-10,23H,1-2H3. The Morgan fingerprint density at radius 2 is 1.63 bits per heavy atom. The molecular weight excluding hydrogens is 381 g/mol. The molecule has 0 aliphatic rings. The summed E-state index contributed by atoms with van der Waals surface area (Å²) in [6.45, 7) is 0. The lowest BCUT2D eigenvalue weighted by Gasteiger charge is -2.21. The molecule has 0 saturated carbocycles. The van der Waals surface area contributed by atoms with Crippen LogP contribution in [-0.2, 0) is 16.2 Å². The summed E-state index contributed by atoms with van der Waals surface area (Å²) in [4.78, 5) is 8.80. The molecule has 2 aromatic carbocycles. The van der Waals surface area contributed by atoms with Gasteiger partial charge in [-0.05, 0) is 36.4 Å². The monoisotopic (exact) mass is 396 g/mol. The second-order valence-electron chi connectivity index (χ2n) is 5.87. The fourth-order valence-corrected chi connectivity index (χ4v) is 3.10. The lowest BCUT2D eigenvalue weighted by Crippen LogP contribution is -2.17. The number of hydrogen-bond donors (Lipinski definition) is 1. The van der Waals surface area contributed by atoms with E-state index >= 15 is 0 Å². The van der Waals surface area contributed by atoms with Crippen LogP contribution in [0, 0.1) is 0 Å². The molecule has 0 aliphatic carbocycles. The van der Waals surface area contributed by atoms with E-state index in [0.29, 0.717) is 16.8 Å². The summed E-state index contributed by atoms with van der Waals surface area (Å²) in [5.41, 5.74) is 1.06. The van der Waals surface area contributed by atoms with Crippen molar-refractivity contribution in [1.29, 1.82) is 0 Å². The van der Waals surface area contributed by atoms with Gasteiger partial charge in [0.2, 0.25) is 15.8 Å². The third-order valence-corrected chi connectivity index (χ3v) is 4.32. The number of hydrogen-bond acceptors (Lipinski definition) is 5. The minimum Gasteiger partial charge on any atom is -0.329 e. The normalized spacial score (nSPS) is 12.2. The van der Waals surface area contributed by atoms with Crippen LogP contribution in [0.25, 0.3) is 10.9 Å². The van der Waals surface area contributed by atoms with Crippen LogP contribution in [-0.4, -0.2) is 31.7 Å². The molecule has 1 N–H and O–H groups in total. The quantitative estimate of drug-likeness (QED) is 0.726. The Kier molecular flexibility index (Phi) is 4.68. The number of fused-ring (bicyclic) bond motifs is 1. The molecule has 0 bridgehead atoms. The average Bonchev–Trinajstić information content (AvgIpc) is 2.58. The minimum absolute atomic E-state index is 0.0942. The Hall–Kier alpha value is -2.88. The van der Waals surface area contributed by atoms with Gasteiger partial charge in [0.1, 0.15) is 5.82 Å². The number of nitrogens with zero attached hydrogens (tertiary/aromatic N) is 3. The number of benzene rings is 2. The maximum atomic E-state index is 13.2. The van der Waals surface area contributed by atoms with Crippen molar-refractivity contribution in [2.24, 2.45) is 0 Å². The van der Waals surface area contributed by atoms with E-state index in [0.717, 1.165) is 6.26 Å². The van der Waals surface area contributed by atoms with E-state index in [2.05, 4.69) is 14.7 Å². The van der Waals surface area contributed by atoms with E-state index in [4.69, 9.17) is 0 Å². The van der Waals surface area contributed by atoms with Crippen LogP contribution < -0.4 is 9.62 Å². The molecule has 1 aromatic heterocycles. The molecule has 1 heterocycles. The first-order chi connectivity index (χ1) is 12.5. The van der Waals surface area contributed by atoms with Crippen LogP contribution in [0.5, 0.6) is 0 Å². The summed E-state index contributed by atoms with van der Waals surface area (Å²) >= 11 is 0. The number of para-hydroxylation sites is 1. The van der Waals surface area contributed by atoms with Crippen LogP contribution in [0.2, 0.25) is 0 Å². The molecule has 0 unspecified atom stereocenters. The maximum absolute atomic E-state index is 13.2. The van der Waals surface area contributed by atoms with Crippen molar-refractivity contribution in [3.63, 3.8) is 0 Å². The van der Waals surface area contributed by atoms with Crippen molar-refractivity contribution < 1.29 is 21.6 Å². The number of nitrogens with one attached hydrogen (secondary N) is 1. The summed E-state index contributed by atoms with van der Waals surface area (Å²) < 4.78 is 64.4. The zero-order valence-electron chi connectivity index (χ0n) is 14.3. The zero-order valence-corrected chi connectivity index (χ0v) is 15.1. The lowest BCUT2D eigenvalue weighted by atomic mass is 10.2. The molecule has 6 nitrogen and oxygen atoms in total. The van der Waals surface area contributed by atoms with Gasteiger partial charge in [-0.25, -0.2) is 18.4 Å². The van der Waals surface area contributed by atoms with Gasteiger partial charge < -0.3 is 4.90 Å². The van der Waals surface area contributed by atoms with Gasteiger partial charge in [-0.2, -0.15) is 13.2 Å². The fraction of sp³-hybridized carbons (Fsp3) is 0.176. The highest BCUT2D eigenvalue weighted by molar-refractivity contribution is 7.92. The summed E-state index contributed by atoms with van der Waals surface area (Å²) in [7, 11) is -1.85. The van der Waals surface area contributed by atoms with Crippen molar-refractivity contribution in [1.82, 2.24) is 9.97 Å². The highest BCUT2D eigenvalue weighted by Gasteiger charge is 2.36. The van der Waals surface area contributed by atoms with Gasteiger partial charge in [0.25, 0.3) is 0 Å². The van der Waals surface area contributed by atoms with Gasteiger partial charge in [-0.1, -0.05) is 12.1 Å². The van der Waals surface area contributed by atoms with E-state index in [-0.39, 0.29) is 11.3 Å². The van der Waals surface area contributed by atoms with Crippen LogP contribution in [0.4, 0.5) is 30.4 Å². The van der Waals surface area contributed by atoms with E-state index in [1.165, 1.54) is 23.1 Å². The van der Waals surface area contributed by atoms with Gasteiger partial charge in [0.15, 0.2) is 0 Å². The summed E-state index contributed by atoms with van der Waals surface area (Å²) in [6.07, 6.45) is -3.65. The van der Waals surface area contributed by atoms with Crippen LogP contribution in [0.1, 0.15) is 5.82 Å². The second-order valence-corrected chi connectivity index (χ2v) is 7.61. The zero-order chi connectivity index (χ0) is 19.8. The largest absolute Gasteiger partial charge is 0.451 e. The van der Waals surface area contributed by atoms with Crippen molar-refractivity contribution >= 4 is 38.1 Å². The summed E-state index contributed by atoms with van der Waals surface area (Å²) in [5, 5.41) is 0.464. The Morgan fingerprint density at radius 1 is 1.00 bits per heavy atom. The van der Waals surface area contributed by atoms with Gasteiger partial charge >= 0.3 is 6.18 Å². The van der Waals surface area contributed by atoms with Crippen LogP contribution in [0.15, 0.2) is 48.5 Å². The van der Waals surface area contributed by atoms with Crippen molar-refractivity contribution in [3.05, 3.63) is 54.4 Å². The Morgan fingerprint density at radius 3 is 2.22 bits per heavy atom. The molecule has 0 saturated heterocycles. The molecule has 0 fully saturated rings. The Labute approximate surface area is 153 Å². The average molecular weight is 396 g/mol. The first-order valence-electron chi connectivity index (χ1n) is 7.70. The predicted octanol–water partition coefficient (Wildman–Crippen LogP) is 3.79. The predicted molar refractivity (Wildman–Crippen MR) is 97.5 cm³/mol. The van der Waals surface area contributed by atoms with Crippen LogP contribution in [0.3, 0.4) is 0 Å². The van der Waals surface area contributed by atoms with Gasteiger partial charge in [-0.15, -0.1) is 0 Å². The maximum Gasteiger partial charge on any atom is 0.451 e. The molecule has 3 aromatic rings. The molecule has 0 aliphatic heterocycles. The Balaban J connectivity index is 2.06. The molecular formula is C17H15F3N4O2S. The molecule has 0 spiro atoms. The number of aromatic nitrogens is 2. The van der Waals surface area contributed by atoms with Crippen molar-refractivity contribution in [2.45, 2.75) is 6.18 Å². The van der Waals surface area contributed by atoms with E-state index < -0.39 is 22.0 Å². The number of halogens is 3. The summed E-state index contributed by atoms with van der Waals surface area (Å²) in [6, 6.07) is 12.6. The van der Waals surface area contributed by atoms with Gasteiger partial charge in [-0.3, -0.25) is 4.72 Å². The van der Waals surface area contributed by atoms with Crippen molar-refractivity contribution in [2.75, 3.05) is 22.9 Å². The van der Waals surface area contributed by atoms with E-state index in [9.17, 15) is 21.6 Å². The summed E-state index contributed by atoms with van der Waals surface area (Å²) in [5.74, 6) is -1.13. The first kappa shape index (κ1) is 18.9. The molecule has 0 amide bonds. The fourth-order valence-electron chi connectivity index (χ4n) is 2.53. The molecule has 0 radical (unpaired) electrons. The third kappa shape index (κ3) is 4.27. The molecule has 27 heavy (non-hydrogen) atoms. The second kappa shape index (κ2) is 6.69. The number of rotatable bonds is 4. The topological polar surface area (TPSA) is 75.2 Å². The smallest absolute Gasteiger partial charge is 0.329 e. The lowest BCUT2D eigenvalue weighted by molar-refractivity contribution is -0.144. The molecule has 142 valence electrons. The highest BCUT2D eigenvalue weighted by atomic mass is 32.2. The number of anilines is 3. The van der Waals surface area contributed by atoms with Gasteiger partial charge in [0.05, 0.1) is 11.8 Å². The van der Waals surface area contributed by atoms with E-state index in [1.807, 2.05) is 0 Å². The first-order valence-corrected chi connectivity index (χ1v) is 9.59. The van der Waals surface area contributed by atoms with Crippen molar-refractivity contribution in [3.8, 4) is 0 Å². The highest BCUT2D eigenvalue weighted by Crippen LogP contribution is 2.34. The van der Waals surface area contributed by atoms with E-state index in [1.54, 1.807) is 37.4 Å². The molecule has 0 atom stereocenters. The third-order valence-electron chi connectivity index (χ3n) is 3.71. The van der Waals surface area contributed by atoms with Gasteiger partial charge in [0, 0.05) is 23.8 Å². The SMILES string of the molecule is CN(c1ccc(NS(C)(=O)=O)cc1)c1nc(C(F)(F)F)nc2ccccc12. The molecule has 10 heteroatoms. The minimum atomic E-state index is -4.68. The number of alkyl halides is 3. The van der Waals surface area contributed by atoms with Crippen LogP contribution >= 0.6 is 0 Å². The Bertz CT molecular complexity index is 1080. The molecule has 3 rings (SSSR count). The number of sulfonamides is 1.